The van der Waals surface area contributed by atoms with E-state index in [4.69, 9.17) is 5.73 Å². The van der Waals surface area contributed by atoms with Gasteiger partial charge in [-0.25, -0.2) is 4.39 Å². The Morgan fingerprint density at radius 2 is 2.00 bits per heavy atom. The number of hydrogen-bond donors (Lipinski definition) is 1. The second-order valence-corrected chi connectivity index (χ2v) is 2.55. The predicted molar refractivity (Wildman–Crippen MR) is 52.6 cm³/mol. The second-order valence-electron chi connectivity index (χ2n) is 2.55. The summed E-state index contributed by atoms with van der Waals surface area (Å²) in [6, 6.07) is 9.16. The lowest BCUT2D eigenvalue weighted by atomic mass is 10.3. The summed E-state index contributed by atoms with van der Waals surface area (Å²) < 4.78 is 12.8. The van der Waals surface area contributed by atoms with Gasteiger partial charge < -0.3 is 5.73 Å². The fourth-order valence-electron chi connectivity index (χ4n) is 0.870. The molecule has 0 spiro atoms. The number of para-hydroxylation sites is 1. The van der Waals surface area contributed by atoms with Crippen molar-refractivity contribution in [1.29, 1.82) is 0 Å². The van der Waals surface area contributed by atoms with Gasteiger partial charge in [-0.15, -0.1) is 0 Å². The van der Waals surface area contributed by atoms with Crippen LogP contribution in [0.3, 0.4) is 0 Å². The fraction of sp³-hybridized carbons (Fsp3) is 0.100. The number of nitrogens with two attached hydrogens (primary N) is 1. The Balaban J connectivity index is 2.89. The van der Waals surface area contributed by atoms with Crippen molar-refractivity contribution in [2.45, 2.75) is 6.92 Å². The van der Waals surface area contributed by atoms with Crippen LogP contribution in [0.1, 0.15) is 6.92 Å². The average molecular weight is 178 g/mol. The third kappa shape index (κ3) is 2.71. The van der Waals surface area contributed by atoms with Crippen LogP contribution in [-0.4, -0.2) is 5.71 Å². The molecule has 0 aromatic heterocycles. The zero-order valence-electron chi connectivity index (χ0n) is 7.37. The molecule has 68 valence electrons. The van der Waals surface area contributed by atoms with Gasteiger partial charge in [0.25, 0.3) is 0 Å². The minimum Gasteiger partial charge on any atom is -0.402 e. The molecule has 0 aliphatic heterocycles. The summed E-state index contributed by atoms with van der Waals surface area (Å²) in [5.41, 5.74) is 6.01. The van der Waals surface area contributed by atoms with Crippen LogP contribution in [-0.2, 0) is 0 Å². The average Bonchev–Trinajstić information content (AvgIpc) is 2.18. The molecule has 1 aromatic carbocycles. The van der Waals surface area contributed by atoms with Crippen molar-refractivity contribution in [3.8, 4) is 0 Å². The Labute approximate surface area is 76.6 Å². The van der Waals surface area contributed by atoms with E-state index in [1.54, 1.807) is 19.1 Å². The van der Waals surface area contributed by atoms with Crippen LogP contribution in [0.2, 0.25) is 0 Å². The highest BCUT2D eigenvalue weighted by Gasteiger charge is 1.97. The molecule has 0 aliphatic rings. The summed E-state index contributed by atoms with van der Waals surface area (Å²) in [5.74, 6) is -0.496. The minimum absolute atomic E-state index is 0.286. The molecular weight excluding hydrogens is 167 g/mol. The quantitative estimate of drug-likeness (QED) is 0.694. The van der Waals surface area contributed by atoms with E-state index >= 15 is 0 Å². The molecule has 0 saturated carbocycles. The van der Waals surface area contributed by atoms with Crippen LogP contribution in [0.25, 0.3) is 0 Å². The zero-order chi connectivity index (χ0) is 9.68. The molecule has 0 aliphatic carbocycles. The molecule has 0 bridgehead atoms. The zero-order valence-corrected chi connectivity index (χ0v) is 7.37. The van der Waals surface area contributed by atoms with Crippen LogP contribution in [0.4, 0.5) is 10.1 Å². The first-order chi connectivity index (χ1) is 6.24. The van der Waals surface area contributed by atoms with E-state index in [1.165, 1.54) is 0 Å². The van der Waals surface area contributed by atoms with Crippen molar-refractivity contribution in [3.05, 3.63) is 42.4 Å². The highest BCUT2D eigenvalue weighted by molar-refractivity contribution is 5.97. The predicted octanol–water partition coefficient (Wildman–Crippen LogP) is 2.55. The van der Waals surface area contributed by atoms with Gasteiger partial charge >= 0.3 is 0 Å². The number of halogens is 1. The SMILES string of the molecule is CC(=Nc1ccccc1)/C(F)=C\N. The monoisotopic (exact) mass is 178 g/mol. The molecule has 0 atom stereocenters. The molecule has 2 N–H and O–H groups in total. The van der Waals surface area contributed by atoms with E-state index in [0.717, 1.165) is 11.9 Å². The first-order valence-corrected chi connectivity index (χ1v) is 3.92. The Morgan fingerprint density at radius 1 is 1.38 bits per heavy atom. The minimum atomic E-state index is -0.496. The molecule has 2 nitrogen and oxygen atoms in total. The first kappa shape index (κ1) is 9.45. The number of rotatable bonds is 2. The maximum atomic E-state index is 12.8. The van der Waals surface area contributed by atoms with Gasteiger partial charge in [0.05, 0.1) is 11.4 Å². The standard InChI is InChI=1S/C10H11FN2/c1-8(10(11)7-12)13-9-5-3-2-4-6-9/h2-7H,12H2,1H3/b10-7+,13-8?. The van der Waals surface area contributed by atoms with Crippen LogP contribution >= 0.6 is 0 Å². The van der Waals surface area contributed by atoms with Crippen molar-refractivity contribution in [1.82, 2.24) is 0 Å². The van der Waals surface area contributed by atoms with Crippen molar-refractivity contribution in [3.63, 3.8) is 0 Å². The summed E-state index contributed by atoms with van der Waals surface area (Å²) >= 11 is 0. The maximum Gasteiger partial charge on any atom is 0.159 e. The van der Waals surface area contributed by atoms with Gasteiger partial charge in [0.15, 0.2) is 5.83 Å². The van der Waals surface area contributed by atoms with Gasteiger partial charge in [-0.05, 0) is 19.1 Å². The molecule has 0 heterocycles. The van der Waals surface area contributed by atoms with E-state index in [9.17, 15) is 4.39 Å². The van der Waals surface area contributed by atoms with Gasteiger partial charge in [0, 0.05) is 6.20 Å². The lowest BCUT2D eigenvalue weighted by molar-refractivity contribution is 0.677. The van der Waals surface area contributed by atoms with Gasteiger partial charge in [-0.3, -0.25) is 4.99 Å². The number of hydrogen-bond acceptors (Lipinski definition) is 2. The van der Waals surface area contributed by atoms with Crippen molar-refractivity contribution >= 4 is 11.4 Å². The third-order valence-corrected chi connectivity index (χ3v) is 1.54. The molecule has 0 unspecified atom stereocenters. The largest absolute Gasteiger partial charge is 0.402 e. The van der Waals surface area contributed by atoms with Gasteiger partial charge in [0.1, 0.15) is 0 Å². The molecule has 0 fully saturated rings. The molecule has 0 saturated heterocycles. The van der Waals surface area contributed by atoms with Gasteiger partial charge in [-0.1, -0.05) is 18.2 Å². The summed E-state index contributed by atoms with van der Waals surface area (Å²) in [5, 5.41) is 0. The highest BCUT2D eigenvalue weighted by Crippen LogP contribution is 2.12. The molecule has 3 heteroatoms. The first-order valence-electron chi connectivity index (χ1n) is 3.92. The Kier molecular flexibility index (Phi) is 3.20. The molecule has 1 aromatic rings. The third-order valence-electron chi connectivity index (χ3n) is 1.54. The highest BCUT2D eigenvalue weighted by atomic mass is 19.1. The van der Waals surface area contributed by atoms with Crippen LogP contribution in [0.15, 0.2) is 47.4 Å². The smallest absolute Gasteiger partial charge is 0.159 e. The van der Waals surface area contributed by atoms with Crippen LogP contribution < -0.4 is 5.73 Å². The second kappa shape index (κ2) is 4.40. The summed E-state index contributed by atoms with van der Waals surface area (Å²) in [6.45, 7) is 1.58. The van der Waals surface area contributed by atoms with Crippen molar-refractivity contribution < 1.29 is 4.39 Å². The van der Waals surface area contributed by atoms with E-state index in [1.807, 2.05) is 18.2 Å². The number of benzene rings is 1. The molecule has 1 rings (SSSR count). The summed E-state index contributed by atoms with van der Waals surface area (Å²) in [4.78, 5) is 4.02. The van der Waals surface area contributed by atoms with Crippen LogP contribution in [0.5, 0.6) is 0 Å². The van der Waals surface area contributed by atoms with E-state index in [2.05, 4.69) is 4.99 Å². The maximum absolute atomic E-state index is 12.8. The Hall–Kier alpha value is -1.64. The lowest BCUT2D eigenvalue weighted by Crippen LogP contribution is -1.94. The molecule has 0 radical (unpaired) electrons. The molecule has 0 amide bonds. The van der Waals surface area contributed by atoms with Crippen molar-refractivity contribution in [2.24, 2.45) is 10.7 Å². The van der Waals surface area contributed by atoms with Crippen LogP contribution in [0, 0.1) is 0 Å². The van der Waals surface area contributed by atoms with E-state index in [0.29, 0.717) is 0 Å². The van der Waals surface area contributed by atoms with Crippen molar-refractivity contribution in [2.75, 3.05) is 0 Å². The lowest BCUT2D eigenvalue weighted by Gasteiger charge is -1.96. The van der Waals surface area contributed by atoms with E-state index < -0.39 is 5.83 Å². The van der Waals surface area contributed by atoms with E-state index in [-0.39, 0.29) is 5.71 Å². The Morgan fingerprint density at radius 3 is 2.54 bits per heavy atom. The number of nitrogens with zero attached hydrogens (tertiary/aromatic N) is 1. The fourth-order valence-corrected chi connectivity index (χ4v) is 0.870. The topological polar surface area (TPSA) is 38.4 Å². The Bertz CT molecular complexity index is 328. The van der Waals surface area contributed by atoms with Gasteiger partial charge in [-0.2, -0.15) is 0 Å². The number of allylic oxidation sites excluding steroid dienone is 1. The number of aliphatic imine (C=N–C) groups is 1. The molecular formula is C10H11FN2. The van der Waals surface area contributed by atoms with Gasteiger partial charge in [0.2, 0.25) is 0 Å². The molecule has 13 heavy (non-hydrogen) atoms. The normalized spacial score (nSPS) is 13.1. The summed E-state index contributed by atoms with van der Waals surface area (Å²) in [6.07, 6.45) is 0.905. The summed E-state index contributed by atoms with van der Waals surface area (Å²) in [7, 11) is 0.